The maximum absolute atomic E-state index is 5.56. The molecule has 1 aliphatic heterocycles. The third-order valence-electron chi connectivity index (χ3n) is 2.67. The number of aromatic nitrogens is 3. The molecule has 0 aliphatic carbocycles. The molecule has 7 heteroatoms. The van der Waals surface area contributed by atoms with E-state index in [-0.39, 0.29) is 18.0 Å². The average molecular weight is 254 g/mol. The fourth-order valence-electron chi connectivity index (χ4n) is 1.72. The normalized spacial score (nSPS) is 16.5. The summed E-state index contributed by atoms with van der Waals surface area (Å²) in [6, 6.07) is 0.421. The first-order chi connectivity index (χ1) is 8.78. The second-order valence-electron chi connectivity index (χ2n) is 4.06. The first-order valence-electron chi connectivity index (χ1n) is 6.13. The van der Waals surface area contributed by atoms with Crippen molar-refractivity contribution in [2.24, 2.45) is 5.92 Å². The standard InChI is InChI=1S/C11H18N4O3/c1-2-17-10-13-9(12)14-11(15-10)18-7-8-3-5-16-6-4-8/h8H,2-7H2,1H3,(H2,12,13,14,15). The van der Waals surface area contributed by atoms with Crippen molar-refractivity contribution in [2.45, 2.75) is 19.8 Å². The Kier molecular flexibility index (Phi) is 4.52. The molecule has 18 heavy (non-hydrogen) atoms. The Morgan fingerprint density at radius 3 is 2.50 bits per heavy atom. The molecule has 0 spiro atoms. The Bertz CT molecular complexity index is 383. The van der Waals surface area contributed by atoms with Gasteiger partial charge in [0.25, 0.3) is 0 Å². The third kappa shape index (κ3) is 3.69. The molecule has 1 aliphatic rings. The van der Waals surface area contributed by atoms with E-state index in [1.54, 1.807) is 0 Å². The lowest BCUT2D eigenvalue weighted by Gasteiger charge is -2.21. The highest BCUT2D eigenvalue weighted by atomic mass is 16.5. The van der Waals surface area contributed by atoms with Gasteiger partial charge in [-0.05, 0) is 25.7 Å². The number of nitrogen functional groups attached to an aromatic ring is 1. The minimum Gasteiger partial charge on any atom is -0.464 e. The van der Waals surface area contributed by atoms with Gasteiger partial charge in [0.1, 0.15) is 0 Å². The molecular formula is C11H18N4O3. The lowest BCUT2D eigenvalue weighted by atomic mass is 10.0. The number of anilines is 1. The van der Waals surface area contributed by atoms with Crippen molar-refractivity contribution in [3.63, 3.8) is 0 Å². The second kappa shape index (κ2) is 6.34. The van der Waals surface area contributed by atoms with Crippen molar-refractivity contribution < 1.29 is 14.2 Å². The Morgan fingerprint density at radius 2 is 1.83 bits per heavy atom. The van der Waals surface area contributed by atoms with Gasteiger partial charge >= 0.3 is 12.0 Å². The van der Waals surface area contributed by atoms with Crippen LogP contribution in [0.15, 0.2) is 0 Å². The number of rotatable bonds is 5. The van der Waals surface area contributed by atoms with E-state index in [2.05, 4.69) is 15.0 Å². The molecule has 2 N–H and O–H groups in total. The van der Waals surface area contributed by atoms with Crippen LogP contribution in [0.1, 0.15) is 19.8 Å². The number of ether oxygens (including phenoxy) is 3. The van der Waals surface area contributed by atoms with Gasteiger partial charge in [-0.2, -0.15) is 9.97 Å². The Balaban J connectivity index is 1.91. The molecule has 100 valence electrons. The molecule has 1 aromatic rings. The van der Waals surface area contributed by atoms with Crippen LogP contribution in [0.4, 0.5) is 5.95 Å². The van der Waals surface area contributed by atoms with E-state index >= 15 is 0 Å². The second-order valence-corrected chi connectivity index (χ2v) is 4.06. The van der Waals surface area contributed by atoms with Gasteiger partial charge in [-0.1, -0.05) is 0 Å². The van der Waals surface area contributed by atoms with Crippen LogP contribution in [0, 0.1) is 5.92 Å². The number of nitrogens with two attached hydrogens (primary N) is 1. The molecule has 0 amide bonds. The fourth-order valence-corrected chi connectivity index (χ4v) is 1.72. The maximum Gasteiger partial charge on any atom is 0.324 e. The number of hydrogen-bond donors (Lipinski definition) is 1. The van der Waals surface area contributed by atoms with Gasteiger partial charge in [0, 0.05) is 13.2 Å². The van der Waals surface area contributed by atoms with E-state index in [1.165, 1.54) is 0 Å². The van der Waals surface area contributed by atoms with Crippen LogP contribution in [0.3, 0.4) is 0 Å². The number of hydrogen-bond acceptors (Lipinski definition) is 7. The first kappa shape index (κ1) is 12.8. The van der Waals surface area contributed by atoms with Crippen LogP contribution < -0.4 is 15.2 Å². The topological polar surface area (TPSA) is 92.4 Å². The largest absolute Gasteiger partial charge is 0.464 e. The Labute approximate surface area is 106 Å². The zero-order valence-electron chi connectivity index (χ0n) is 10.5. The molecule has 0 atom stereocenters. The van der Waals surface area contributed by atoms with Gasteiger partial charge in [0.15, 0.2) is 0 Å². The molecule has 2 heterocycles. The summed E-state index contributed by atoms with van der Waals surface area (Å²) < 4.78 is 16.0. The van der Waals surface area contributed by atoms with Crippen LogP contribution in [0.5, 0.6) is 12.0 Å². The van der Waals surface area contributed by atoms with E-state index in [1.807, 2.05) is 6.92 Å². The summed E-state index contributed by atoms with van der Waals surface area (Å²) in [5.41, 5.74) is 5.56. The fraction of sp³-hybridized carbons (Fsp3) is 0.727. The third-order valence-corrected chi connectivity index (χ3v) is 2.67. The minimum absolute atomic E-state index is 0.107. The van der Waals surface area contributed by atoms with Crippen LogP contribution in [-0.2, 0) is 4.74 Å². The zero-order valence-corrected chi connectivity index (χ0v) is 10.5. The molecule has 0 saturated carbocycles. The van der Waals surface area contributed by atoms with E-state index in [4.69, 9.17) is 19.9 Å². The van der Waals surface area contributed by atoms with Gasteiger partial charge < -0.3 is 19.9 Å². The molecule has 7 nitrogen and oxygen atoms in total. The lowest BCUT2D eigenvalue weighted by molar-refractivity contribution is 0.0480. The molecule has 1 saturated heterocycles. The van der Waals surface area contributed by atoms with Crippen molar-refractivity contribution in [1.82, 2.24) is 15.0 Å². The van der Waals surface area contributed by atoms with Crippen LogP contribution in [-0.4, -0.2) is 41.4 Å². The summed E-state index contributed by atoms with van der Waals surface area (Å²) in [5, 5.41) is 0. The van der Waals surface area contributed by atoms with Crippen molar-refractivity contribution in [3.05, 3.63) is 0 Å². The monoisotopic (exact) mass is 254 g/mol. The molecule has 1 fully saturated rings. The van der Waals surface area contributed by atoms with E-state index in [0.29, 0.717) is 19.1 Å². The first-order valence-corrected chi connectivity index (χ1v) is 6.13. The number of nitrogens with zero attached hydrogens (tertiary/aromatic N) is 3. The molecule has 0 radical (unpaired) electrons. The average Bonchev–Trinajstić information content (AvgIpc) is 2.37. The van der Waals surface area contributed by atoms with Crippen molar-refractivity contribution in [1.29, 1.82) is 0 Å². The predicted molar refractivity (Wildman–Crippen MR) is 64.4 cm³/mol. The Hall–Kier alpha value is -1.63. The van der Waals surface area contributed by atoms with Crippen molar-refractivity contribution in [2.75, 3.05) is 32.2 Å². The maximum atomic E-state index is 5.56. The van der Waals surface area contributed by atoms with Gasteiger partial charge in [-0.25, -0.2) is 0 Å². The summed E-state index contributed by atoms with van der Waals surface area (Å²) in [4.78, 5) is 11.8. The van der Waals surface area contributed by atoms with E-state index in [0.717, 1.165) is 26.1 Å². The summed E-state index contributed by atoms with van der Waals surface area (Å²) in [6.45, 7) is 4.47. The Morgan fingerprint density at radius 1 is 1.17 bits per heavy atom. The lowest BCUT2D eigenvalue weighted by Crippen LogP contribution is -2.22. The summed E-state index contributed by atoms with van der Waals surface area (Å²) in [5.74, 6) is 0.586. The highest BCUT2D eigenvalue weighted by Crippen LogP contribution is 2.17. The highest BCUT2D eigenvalue weighted by molar-refractivity contribution is 5.20. The van der Waals surface area contributed by atoms with Gasteiger partial charge in [0.2, 0.25) is 5.95 Å². The summed E-state index contributed by atoms with van der Waals surface area (Å²) in [7, 11) is 0. The molecule has 1 aromatic heterocycles. The molecule has 0 bridgehead atoms. The quantitative estimate of drug-likeness (QED) is 0.824. The zero-order chi connectivity index (χ0) is 12.8. The van der Waals surface area contributed by atoms with Crippen LogP contribution >= 0.6 is 0 Å². The van der Waals surface area contributed by atoms with Gasteiger partial charge in [-0.15, -0.1) is 4.98 Å². The highest BCUT2D eigenvalue weighted by Gasteiger charge is 2.15. The minimum atomic E-state index is 0.107. The van der Waals surface area contributed by atoms with Crippen molar-refractivity contribution in [3.8, 4) is 12.0 Å². The smallest absolute Gasteiger partial charge is 0.324 e. The predicted octanol–water partition coefficient (Wildman–Crippen LogP) is 0.658. The summed E-state index contributed by atoms with van der Waals surface area (Å²) >= 11 is 0. The van der Waals surface area contributed by atoms with Crippen LogP contribution in [0.25, 0.3) is 0 Å². The van der Waals surface area contributed by atoms with E-state index < -0.39 is 0 Å². The summed E-state index contributed by atoms with van der Waals surface area (Å²) in [6.07, 6.45) is 2.00. The molecule has 0 aromatic carbocycles. The molecule has 2 rings (SSSR count). The molecule has 0 unspecified atom stereocenters. The van der Waals surface area contributed by atoms with Crippen LogP contribution in [0.2, 0.25) is 0 Å². The van der Waals surface area contributed by atoms with Gasteiger partial charge in [0.05, 0.1) is 13.2 Å². The SMILES string of the molecule is CCOc1nc(N)nc(OCC2CCOCC2)n1. The van der Waals surface area contributed by atoms with Gasteiger partial charge in [-0.3, -0.25) is 0 Å². The molecular weight excluding hydrogens is 236 g/mol. The van der Waals surface area contributed by atoms with Crippen molar-refractivity contribution >= 4 is 5.95 Å². The van der Waals surface area contributed by atoms with E-state index in [9.17, 15) is 0 Å².